The summed E-state index contributed by atoms with van der Waals surface area (Å²) < 4.78 is 4.84. The van der Waals surface area contributed by atoms with Gasteiger partial charge in [-0.15, -0.1) is 0 Å². The van der Waals surface area contributed by atoms with Crippen molar-refractivity contribution in [3.8, 4) is 0 Å². The molecule has 0 aromatic heterocycles. The molecular formula is C16H26N2O2. The van der Waals surface area contributed by atoms with Crippen molar-refractivity contribution in [3.63, 3.8) is 0 Å². The van der Waals surface area contributed by atoms with Crippen LogP contribution in [0.4, 0.5) is 5.69 Å². The molecule has 1 aromatic rings. The number of methoxy groups -OCH3 is 1. The maximum absolute atomic E-state index is 11.7. The van der Waals surface area contributed by atoms with Crippen molar-refractivity contribution in [2.75, 3.05) is 32.1 Å². The number of carbonyl (C=O) groups excluding carboxylic acids is 1. The molecule has 0 amide bonds. The topological polar surface area (TPSA) is 41.6 Å². The monoisotopic (exact) mass is 278 g/mol. The minimum atomic E-state index is -0.229. The molecule has 0 aliphatic rings. The van der Waals surface area contributed by atoms with Gasteiger partial charge in [0.15, 0.2) is 0 Å². The number of ether oxygens (including phenoxy) is 1. The van der Waals surface area contributed by atoms with Crippen LogP contribution in [0.1, 0.15) is 25.3 Å². The zero-order valence-corrected chi connectivity index (χ0v) is 13.0. The molecule has 4 heteroatoms. The molecule has 0 bridgehead atoms. The highest BCUT2D eigenvalue weighted by atomic mass is 16.5. The van der Waals surface area contributed by atoms with Crippen LogP contribution in [0.3, 0.4) is 0 Å². The van der Waals surface area contributed by atoms with Gasteiger partial charge in [0.2, 0.25) is 0 Å². The second kappa shape index (κ2) is 8.59. The number of esters is 1. The number of nitrogens with one attached hydrogen (secondary N) is 1. The first kappa shape index (κ1) is 16.5. The predicted octanol–water partition coefficient (Wildman–Crippen LogP) is 2.36. The first-order valence-corrected chi connectivity index (χ1v) is 7.17. The molecule has 20 heavy (non-hydrogen) atoms. The Labute approximate surface area is 122 Å². The summed E-state index contributed by atoms with van der Waals surface area (Å²) in [6.07, 6.45) is 1.73. The summed E-state index contributed by atoms with van der Waals surface area (Å²) in [6.45, 7) is 5.79. The van der Waals surface area contributed by atoms with Gasteiger partial charge in [0.05, 0.1) is 7.11 Å². The Morgan fingerprint density at radius 3 is 2.55 bits per heavy atom. The van der Waals surface area contributed by atoms with Crippen LogP contribution in [0, 0.1) is 6.92 Å². The van der Waals surface area contributed by atoms with Gasteiger partial charge in [-0.2, -0.15) is 0 Å². The van der Waals surface area contributed by atoms with Crippen LogP contribution in [-0.2, 0) is 9.53 Å². The Kier molecular flexibility index (Phi) is 7.09. The molecule has 0 saturated heterocycles. The van der Waals surface area contributed by atoms with E-state index in [-0.39, 0.29) is 12.0 Å². The highest BCUT2D eigenvalue weighted by Crippen LogP contribution is 2.14. The van der Waals surface area contributed by atoms with Crippen LogP contribution in [0.2, 0.25) is 0 Å². The van der Waals surface area contributed by atoms with Crippen molar-refractivity contribution >= 4 is 11.7 Å². The molecule has 1 rings (SSSR count). The summed E-state index contributed by atoms with van der Waals surface area (Å²) >= 11 is 0. The second-order valence-corrected chi connectivity index (χ2v) is 5.08. The molecule has 0 heterocycles. The molecule has 112 valence electrons. The number of carbonyl (C=O) groups is 1. The third-order valence-corrected chi connectivity index (χ3v) is 3.35. The lowest BCUT2D eigenvalue weighted by Crippen LogP contribution is -2.40. The van der Waals surface area contributed by atoms with Gasteiger partial charge in [-0.1, -0.05) is 24.6 Å². The van der Waals surface area contributed by atoms with Gasteiger partial charge in [-0.3, -0.25) is 4.79 Å². The molecule has 0 spiro atoms. The summed E-state index contributed by atoms with van der Waals surface area (Å²) in [7, 11) is 3.48. The fourth-order valence-electron chi connectivity index (χ4n) is 2.02. The Morgan fingerprint density at radius 2 is 2.00 bits per heavy atom. The van der Waals surface area contributed by atoms with Crippen LogP contribution in [0.5, 0.6) is 0 Å². The lowest BCUT2D eigenvalue weighted by atomic mass is 10.1. The van der Waals surface area contributed by atoms with Gasteiger partial charge in [0.25, 0.3) is 0 Å². The molecule has 1 unspecified atom stereocenters. The average molecular weight is 278 g/mol. The van der Waals surface area contributed by atoms with Crippen molar-refractivity contribution in [1.29, 1.82) is 0 Å². The fraction of sp³-hybridized carbons (Fsp3) is 0.562. The molecule has 4 nitrogen and oxygen atoms in total. The second-order valence-electron chi connectivity index (χ2n) is 5.08. The Balaban J connectivity index is 2.53. The number of benzene rings is 1. The molecule has 1 aromatic carbocycles. The standard InChI is InChI=1S/C16H26N2O2/c1-5-11-17-15(16(19)20-4)10-12-18(3)14-8-6-13(2)7-9-14/h6-9,15,17H,5,10-12H2,1-4H3. The summed E-state index contributed by atoms with van der Waals surface area (Å²) in [5.74, 6) is -0.184. The lowest BCUT2D eigenvalue weighted by molar-refractivity contribution is -0.143. The molecule has 0 saturated carbocycles. The molecule has 0 aliphatic carbocycles. The van der Waals surface area contributed by atoms with Crippen LogP contribution in [0.15, 0.2) is 24.3 Å². The minimum Gasteiger partial charge on any atom is -0.468 e. The van der Waals surface area contributed by atoms with Gasteiger partial charge >= 0.3 is 5.97 Å². The average Bonchev–Trinajstić information content (AvgIpc) is 2.47. The third-order valence-electron chi connectivity index (χ3n) is 3.35. The number of aryl methyl sites for hydroxylation is 1. The normalized spacial score (nSPS) is 12.0. The fourth-order valence-corrected chi connectivity index (χ4v) is 2.02. The van der Waals surface area contributed by atoms with E-state index >= 15 is 0 Å². The first-order chi connectivity index (χ1) is 9.58. The quantitative estimate of drug-likeness (QED) is 0.741. The van der Waals surface area contributed by atoms with E-state index in [9.17, 15) is 4.79 Å². The van der Waals surface area contributed by atoms with Gasteiger partial charge in [0.1, 0.15) is 6.04 Å². The lowest BCUT2D eigenvalue weighted by Gasteiger charge is -2.23. The summed E-state index contributed by atoms with van der Waals surface area (Å²) in [4.78, 5) is 13.9. The van der Waals surface area contributed by atoms with Crippen LogP contribution >= 0.6 is 0 Å². The molecule has 1 N–H and O–H groups in total. The Bertz CT molecular complexity index is 403. The van der Waals surface area contributed by atoms with Gasteiger partial charge < -0.3 is 15.0 Å². The van der Waals surface area contributed by atoms with E-state index in [1.165, 1.54) is 12.7 Å². The smallest absolute Gasteiger partial charge is 0.322 e. The van der Waals surface area contributed by atoms with E-state index in [4.69, 9.17) is 4.74 Å². The van der Waals surface area contributed by atoms with Crippen molar-refractivity contribution in [2.45, 2.75) is 32.7 Å². The van der Waals surface area contributed by atoms with Gasteiger partial charge in [-0.05, 0) is 38.4 Å². The summed E-state index contributed by atoms with van der Waals surface area (Å²) in [5, 5.41) is 3.23. The van der Waals surface area contributed by atoms with Crippen molar-refractivity contribution in [3.05, 3.63) is 29.8 Å². The van der Waals surface area contributed by atoms with E-state index < -0.39 is 0 Å². The van der Waals surface area contributed by atoms with Crippen LogP contribution in [0.25, 0.3) is 0 Å². The third kappa shape index (κ3) is 5.21. The number of anilines is 1. The zero-order chi connectivity index (χ0) is 15.0. The van der Waals surface area contributed by atoms with Crippen molar-refractivity contribution < 1.29 is 9.53 Å². The zero-order valence-electron chi connectivity index (χ0n) is 13.0. The Hall–Kier alpha value is -1.55. The molecule has 1 atom stereocenters. The SMILES string of the molecule is CCCNC(CCN(C)c1ccc(C)cc1)C(=O)OC. The van der Waals surface area contributed by atoms with Crippen LogP contribution < -0.4 is 10.2 Å². The maximum Gasteiger partial charge on any atom is 0.322 e. The largest absolute Gasteiger partial charge is 0.468 e. The predicted molar refractivity (Wildman–Crippen MR) is 83.2 cm³/mol. The highest BCUT2D eigenvalue weighted by Gasteiger charge is 2.18. The summed E-state index contributed by atoms with van der Waals surface area (Å²) in [6, 6.07) is 8.16. The van der Waals surface area contributed by atoms with Crippen molar-refractivity contribution in [1.82, 2.24) is 5.32 Å². The number of rotatable bonds is 8. The number of hydrogen-bond acceptors (Lipinski definition) is 4. The molecular weight excluding hydrogens is 252 g/mol. The number of nitrogens with zero attached hydrogens (tertiary/aromatic N) is 1. The molecule has 0 radical (unpaired) electrons. The molecule has 0 fully saturated rings. The summed E-state index contributed by atoms with van der Waals surface area (Å²) in [5.41, 5.74) is 2.41. The maximum atomic E-state index is 11.7. The van der Waals surface area contributed by atoms with Gasteiger partial charge in [-0.25, -0.2) is 0 Å². The van der Waals surface area contributed by atoms with E-state index in [1.54, 1.807) is 0 Å². The highest BCUT2D eigenvalue weighted by molar-refractivity contribution is 5.75. The Morgan fingerprint density at radius 1 is 1.35 bits per heavy atom. The van der Waals surface area contributed by atoms with Crippen molar-refractivity contribution in [2.24, 2.45) is 0 Å². The van der Waals surface area contributed by atoms with Gasteiger partial charge in [0, 0.05) is 19.3 Å². The molecule has 0 aliphatic heterocycles. The van der Waals surface area contributed by atoms with E-state index in [1.807, 2.05) is 7.05 Å². The van der Waals surface area contributed by atoms with E-state index in [0.29, 0.717) is 0 Å². The van der Waals surface area contributed by atoms with Crippen LogP contribution in [-0.4, -0.2) is 39.3 Å². The minimum absolute atomic E-state index is 0.184. The first-order valence-electron chi connectivity index (χ1n) is 7.17. The van der Waals surface area contributed by atoms with E-state index in [0.717, 1.165) is 31.6 Å². The number of hydrogen-bond donors (Lipinski definition) is 1. The van der Waals surface area contributed by atoms with E-state index in [2.05, 4.69) is 48.3 Å².